The van der Waals surface area contributed by atoms with Crippen molar-refractivity contribution in [1.82, 2.24) is 0 Å². The van der Waals surface area contributed by atoms with Crippen LogP contribution in [0.5, 0.6) is 0 Å². The van der Waals surface area contributed by atoms with Crippen molar-refractivity contribution < 1.29 is 14.6 Å². The van der Waals surface area contributed by atoms with Gasteiger partial charge in [-0.05, 0) is 31.1 Å². The average Bonchev–Trinajstić information content (AvgIpc) is 2.24. The molecule has 0 saturated heterocycles. The molecule has 120 valence electrons. The van der Waals surface area contributed by atoms with Crippen LogP contribution in [0.3, 0.4) is 0 Å². The zero-order valence-electron chi connectivity index (χ0n) is 14.5. The number of carboxylic acid groups (broad SMARTS) is 1. The van der Waals surface area contributed by atoms with Gasteiger partial charge in [0, 0.05) is 12.0 Å². The van der Waals surface area contributed by atoms with Crippen LogP contribution >= 0.6 is 0 Å². The van der Waals surface area contributed by atoms with Gasteiger partial charge in [0.05, 0.1) is 0 Å². The summed E-state index contributed by atoms with van der Waals surface area (Å²) >= 11 is 0. The molecule has 0 spiro atoms. The van der Waals surface area contributed by atoms with Crippen molar-refractivity contribution in [3.8, 4) is 0 Å². The molecule has 0 heterocycles. The summed E-state index contributed by atoms with van der Waals surface area (Å²) in [5.74, 6) is -0.825. The highest BCUT2D eigenvalue weighted by atomic mass is 16.5. The Morgan fingerprint density at radius 3 is 1.85 bits per heavy atom. The third-order valence-corrected chi connectivity index (χ3v) is 3.82. The number of hydrogen-bond donors (Lipinski definition) is 1. The van der Waals surface area contributed by atoms with Gasteiger partial charge in [-0.2, -0.15) is 0 Å². The molecule has 0 amide bonds. The first-order chi connectivity index (χ1) is 8.96. The highest BCUT2D eigenvalue weighted by molar-refractivity contribution is 5.78. The van der Waals surface area contributed by atoms with Crippen LogP contribution in [-0.2, 0) is 9.53 Å². The lowest BCUT2D eigenvalue weighted by Gasteiger charge is -2.41. The molecular weight excluding hydrogens is 252 g/mol. The monoisotopic (exact) mass is 286 g/mol. The van der Waals surface area contributed by atoms with E-state index < -0.39 is 17.0 Å². The quantitative estimate of drug-likeness (QED) is 0.646. The molecule has 0 aromatic heterocycles. The van der Waals surface area contributed by atoms with Crippen LogP contribution in [0.4, 0.5) is 0 Å². The molecule has 0 saturated carbocycles. The summed E-state index contributed by atoms with van der Waals surface area (Å²) in [6.07, 6.45) is 4.48. The van der Waals surface area contributed by atoms with Gasteiger partial charge in [0.15, 0.2) is 5.60 Å². The molecule has 3 heteroatoms. The summed E-state index contributed by atoms with van der Waals surface area (Å²) in [7, 11) is 0. The molecule has 1 N–H and O–H groups in total. The molecule has 0 aliphatic rings. The molecular formula is C17H34O3. The van der Waals surface area contributed by atoms with Crippen molar-refractivity contribution in [2.45, 2.75) is 86.2 Å². The zero-order valence-corrected chi connectivity index (χ0v) is 14.5. The highest BCUT2D eigenvalue weighted by Gasteiger charge is 2.49. The van der Waals surface area contributed by atoms with Crippen LogP contribution in [0.1, 0.15) is 80.6 Å². The van der Waals surface area contributed by atoms with Gasteiger partial charge in [-0.1, -0.05) is 54.9 Å². The van der Waals surface area contributed by atoms with E-state index in [4.69, 9.17) is 4.74 Å². The first-order valence-electron chi connectivity index (χ1n) is 7.83. The van der Waals surface area contributed by atoms with E-state index in [-0.39, 0.29) is 0 Å². The SMILES string of the molecule is CCCOC(CCCCC(C)(C)C)(C(=O)O)C(C)(C)C. The second-order valence-electron chi connectivity index (χ2n) is 8.00. The average molecular weight is 286 g/mol. The summed E-state index contributed by atoms with van der Waals surface area (Å²) in [4.78, 5) is 11.8. The predicted octanol–water partition coefficient (Wildman–Crippen LogP) is 4.89. The fourth-order valence-corrected chi connectivity index (χ4v) is 2.46. The lowest BCUT2D eigenvalue weighted by molar-refractivity contribution is -0.185. The largest absolute Gasteiger partial charge is 0.479 e. The summed E-state index contributed by atoms with van der Waals surface area (Å²) in [5, 5.41) is 9.72. The lowest BCUT2D eigenvalue weighted by Crippen LogP contribution is -2.52. The van der Waals surface area contributed by atoms with Gasteiger partial charge < -0.3 is 9.84 Å². The number of hydrogen-bond acceptors (Lipinski definition) is 2. The molecule has 0 aliphatic heterocycles. The predicted molar refractivity (Wildman–Crippen MR) is 84.0 cm³/mol. The normalized spacial score (nSPS) is 15.9. The Morgan fingerprint density at radius 1 is 1.00 bits per heavy atom. The first kappa shape index (κ1) is 19.4. The minimum absolute atomic E-state index is 0.303. The van der Waals surface area contributed by atoms with Crippen molar-refractivity contribution in [3.05, 3.63) is 0 Å². The van der Waals surface area contributed by atoms with E-state index in [0.717, 1.165) is 25.7 Å². The number of ether oxygens (including phenoxy) is 1. The van der Waals surface area contributed by atoms with Crippen LogP contribution in [0.2, 0.25) is 0 Å². The number of unbranched alkanes of at least 4 members (excludes halogenated alkanes) is 1. The molecule has 1 atom stereocenters. The highest BCUT2D eigenvalue weighted by Crippen LogP contribution is 2.39. The van der Waals surface area contributed by atoms with Gasteiger partial charge in [0.25, 0.3) is 0 Å². The molecule has 0 aromatic rings. The molecule has 0 fully saturated rings. The smallest absolute Gasteiger partial charge is 0.336 e. The van der Waals surface area contributed by atoms with Crippen molar-refractivity contribution >= 4 is 5.97 Å². The Morgan fingerprint density at radius 2 is 1.50 bits per heavy atom. The van der Waals surface area contributed by atoms with Crippen molar-refractivity contribution in [2.24, 2.45) is 10.8 Å². The summed E-state index contributed by atoms with van der Waals surface area (Å²) in [6.45, 7) is 15.0. The summed E-state index contributed by atoms with van der Waals surface area (Å²) in [6, 6.07) is 0. The van der Waals surface area contributed by atoms with Gasteiger partial charge in [0.2, 0.25) is 0 Å². The minimum Gasteiger partial charge on any atom is -0.479 e. The maximum atomic E-state index is 11.8. The molecule has 3 nitrogen and oxygen atoms in total. The number of carbonyl (C=O) groups is 1. The van der Waals surface area contributed by atoms with E-state index in [9.17, 15) is 9.90 Å². The van der Waals surface area contributed by atoms with Crippen LogP contribution in [0.25, 0.3) is 0 Å². The molecule has 0 bridgehead atoms. The van der Waals surface area contributed by atoms with Gasteiger partial charge in [0.1, 0.15) is 0 Å². The maximum absolute atomic E-state index is 11.8. The Hall–Kier alpha value is -0.570. The Kier molecular flexibility index (Phi) is 7.23. The van der Waals surface area contributed by atoms with E-state index in [1.807, 2.05) is 27.7 Å². The standard InChI is InChI=1S/C17H34O3/c1-8-13-20-17(14(18)19,16(5,6)7)12-10-9-11-15(2,3)4/h8-13H2,1-7H3,(H,18,19). The van der Waals surface area contributed by atoms with Gasteiger partial charge in [-0.15, -0.1) is 0 Å². The molecule has 1 unspecified atom stereocenters. The molecule has 0 radical (unpaired) electrons. The topological polar surface area (TPSA) is 46.5 Å². The third-order valence-electron chi connectivity index (χ3n) is 3.82. The fourth-order valence-electron chi connectivity index (χ4n) is 2.46. The number of rotatable bonds is 8. The number of aliphatic carboxylic acids is 1. The summed E-state index contributed by atoms with van der Waals surface area (Å²) < 4.78 is 5.84. The van der Waals surface area contributed by atoms with Gasteiger partial charge in [-0.3, -0.25) is 0 Å². The van der Waals surface area contributed by atoms with Gasteiger partial charge >= 0.3 is 5.97 Å². The van der Waals surface area contributed by atoms with E-state index in [2.05, 4.69) is 20.8 Å². The second-order valence-corrected chi connectivity index (χ2v) is 8.00. The Bertz CT molecular complexity index is 296. The van der Waals surface area contributed by atoms with E-state index >= 15 is 0 Å². The molecule has 0 aromatic carbocycles. The minimum atomic E-state index is -1.07. The summed E-state index contributed by atoms with van der Waals surface area (Å²) in [5.41, 5.74) is -1.17. The maximum Gasteiger partial charge on any atom is 0.336 e. The fraction of sp³-hybridized carbons (Fsp3) is 0.941. The second kappa shape index (κ2) is 7.44. The Labute approximate surface area is 125 Å². The Balaban J connectivity index is 4.80. The van der Waals surface area contributed by atoms with Crippen molar-refractivity contribution in [3.63, 3.8) is 0 Å². The van der Waals surface area contributed by atoms with Crippen LogP contribution in [-0.4, -0.2) is 23.3 Å². The molecule has 0 aliphatic carbocycles. The van der Waals surface area contributed by atoms with E-state index in [0.29, 0.717) is 18.4 Å². The van der Waals surface area contributed by atoms with Gasteiger partial charge in [-0.25, -0.2) is 4.79 Å². The van der Waals surface area contributed by atoms with Crippen LogP contribution in [0.15, 0.2) is 0 Å². The molecule has 0 rings (SSSR count). The van der Waals surface area contributed by atoms with E-state index in [1.165, 1.54) is 0 Å². The van der Waals surface area contributed by atoms with Crippen molar-refractivity contribution in [2.75, 3.05) is 6.61 Å². The van der Waals surface area contributed by atoms with E-state index in [1.54, 1.807) is 0 Å². The van der Waals surface area contributed by atoms with Crippen LogP contribution < -0.4 is 0 Å². The van der Waals surface area contributed by atoms with Crippen LogP contribution in [0, 0.1) is 10.8 Å². The first-order valence-corrected chi connectivity index (χ1v) is 7.83. The zero-order chi connectivity index (χ0) is 16.0. The third kappa shape index (κ3) is 5.82. The van der Waals surface area contributed by atoms with Crippen molar-refractivity contribution in [1.29, 1.82) is 0 Å². The number of carboxylic acids is 1. The molecule has 20 heavy (non-hydrogen) atoms. The lowest BCUT2D eigenvalue weighted by atomic mass is 9.73.